The number of hydrogen-bond donors (Lipinski definition) is 1. The first-order valence-corrected chi connectivity index (χ1v) is 5.88. The molecule has 88 valence electrons. The van der Waals surface area contributed by atoms with Crippen molar-refractivity contribution in [2.45, 2.75) is 32.3 Å². The van der Waals surface area contributed by atoms with E-state index in [1.165, 1.54) is 12.5 Å². The summed E-state index contributed by atoms with van der Waals surface area (Å²) in [6.45, 7) is 3.53. The molecule has 0 amide bonds. The molecule has 0 aliphatic carbocycles. The van der Waals surface area contributed by atoms with Crippen molar-refractivity contribution in [1.29, 1.82) is 0 Å². The average Bonchev–Trinajstić information content (AvgIpc) is 2.77. The van der Waals surface area contributed by atoms with Crippen molar-refractivity contribution in [3.8, 4) is 0 Å². The molecule has 2 nitrogen and oxygen atoms in total. The maximum Gasteiger partial charge on any atom is 0.128 e. The molecule has 0 radical (unpaired) electrons. The largest absolute Gasteiger partial charge is 0.385 e. The summed E-state index contributed by atoms with van der Waals surface area (Å²) < 4.78 is 18.8. The Bertz CT molecular complexity index is 348. The van der Waals surface area contributed by atoms with Gasteiger partial charge < -0.3 is 10.1 Å². The summed E-state index contributed by atoms with van der Waals surface area (Å²) >= 11 is 0. The van der Waals surface area contributed by atoms with Crippen molar-refractivity contribution in [3.05, 3.63) is 29.6 Å². The summed E-state index contributed by atoms with van der Waals surface area (Å²) in [5, 5.41) is 3.26. The number of anilines is 1. The molecule has 16 heavy (non-hydrogen) atoms. The maximum atomic E-state index is 13.2. The van der Waals surface area contributed by atoms with Gasteiger partial charge in [-0.2, -0.15) is 0 Å². The number of ether oxygens (including phenoxy) is 1. The van der Waals surface area contributed by atoms with Crippen LogP contribution in [0.3, 0.4) is 0 Å². The number of nitrogens with one attached hydrogen (secondary N) is 1. The second-order valence-electron chi connectivity index (χ2n) is 4.26. The highest BCUT2D eigenvalue weighted by Crippen LogP contribution is 2.19. The van der Waals surface area contributed by atoms with Gasteiger partial charge in [-0.3, -0.25) is 0 Å². The van der Waals surface area contributed by atoms with E-state index in [1.807, 2.05) is 6.07 Å². The van der Waals surface area contributed by atoms with E-state index < -0.39 is 0 Å². The SMILES string of the molecule is Cc1c(F)cccc1NCCC1CCCO1. The van der Waals surface area contributed by atoms with Crippen molar-refractivity contribution in [2.75, 3.05) is 18.5 Å². The van der Waals surface area contributed by atoms with Gasteiger partial charge in [0.2, 0.25) is 0 Å². The summed E-state index contributed by atoms with van der Waals surface area (Å²) in [5.74, 6) is -0.151. The zero-order valence-corrected chi connectivity index (χ0v) is 9.63. The minimum Gasteiger partial charge on any atom is -0.385 e. The highest BCUT2D eigenvalue weighted by molar-refractivity contribution is 5.50. The highest BCUT2D eigenvalue weighted by Gasteiger charge is 2.14. The fourth-order valence-electron chi connectivity index (χ4n) is 2.04. The van der Waals surface area contributed by atoms with Crippen LogP contribution in [0.2, 0.25) is 0 Å². The van der Waals surface area contributed by atoms with E-state index in [0.717, 1.165) is 31.7 Å². The summed E-state index contributed by atoms with van der Waals surface area (Å²) in [7, 11) is 0. The summed E-state index contributed by atoms with van der Waals surface area (Å²) in [4.78, 5) is 0. The van der Waals surface area contributed by atoms with Crippen LogP contribution in [0.25, 0.3) is 0 Å². The zero-order valence-electron chi connectivity index (χ0n) is 9.63. The third kappa shape index (κ3) is 2.73. The van der Waals surface area contributed by atoms with E-state index in [-0.39, 0.29) is 5.82 Å². The van der Waals surface area contributed by atoms with Crippen molar-refractivity contribution >= 4 is 5.69 Å². The lowest BCUT2D eigenvalue weighted by molar-refractivity contribution is 0.107. The Labute approximate surface area is 95.8 Å². The van der Waals surface area contributed by atoms with Crippen LogP contribution in [0.5, 0.6) is 0 Å². The molecule has 1 atom stereocenters. The van der Waals surface area contributed by atoms with Gasteiger partial charge in [-0.05, 0) is 38.3 Å². The van der Waals surface area contributed by atoms with Crippen LogP contribution in [0, 0.1) is 12.7 Å². The molecule has 1 aliphatic rings. The van der Waals surface area contributed by atoms with E-state index >= 15 is 0 Å². The molecule has 1 aromatic carbocycles. The zero-order chi connectivity index (χ0) is 11.4. The topological polar surface area (TPSA) is 21.3 Å². The molecule has 0 spiro atoms. The normalized spacial score (nSPS) is 20.0. The molecule has 3 heteroatoms. The van der Waals surface area contributed by atoms with Gasteiger partial charge in [-0.1, -0.05) is 6.07 Å². The quantitative estimate of drug-likeness (QED) is 0.846. The Balaban J connectivity index is 1.82. The first kappa shape index (κ1) is 11.4. The van der Waals surface area contributed by atoms with Crippen LogP contribution < -0.4 is 5.32 Å². The van der Waals surface area contributed by atoms with Gasteiger partial charge in [0.05, 0.1) is 6.10 Å². The van der Waals surface area contributed by atoms with Crippen molar-refractivity contribution in [1.82, 2.24) is 0 Å². The van der Waals surface area contributed by atoms with Crippen molar-refractivity contribution in [2.24, 2.45) is 0 Å². The molecule has 1 heterocycles. The molecular weight excluding hydrogens is 205 g/mol. The van der Waals surface area contributed by atoms with E-state index in [2.05, 4.69) is 5.32 Å². The van der Waals surface area contributed by atoms with Gasteiger partial charge in [0.25, 0.3) is 0 Å². The van der Waals surface area contributed by atoms with Crippen LogP contribution in [-0.2, 0) is 4.74 Å². The van der Waals surface area contributed by atoms with Crippen molar-refractivity contribution in [3.63, 3.8) is 0 Å². The van der Waals surface area contributed by atoms with Gasteiger partial charge >= 0.3 is 0 Å². The molecule has 0 aromatic heterocycles. The minimum absolute atomic E-state index is 0.151. The lowest BCUT2D eigenvalue weighted by Crippen LogP contribution is -2.13. The second kappa shape index (κ2) is 5.30. The predicted molar refractivity (Wildman–Crippen MR) is 63.2 cm³/mol. The summed E-state index contributed by atoms with van der Waals surface area (Å²) in [5.41, 5.74) is 1.58. The number of benzene rings is 1. The molecule has 1 unspecified atom stereocenters. The molecule has 1 aliphatic heterocycles. The van der Waals surface area contributed by atoms with E-state index in [1.54, 1.807) is 13.0 Å². The van der Waals surface area contributed by atoms with E-state index in [4.69, 9.17) is 4.74 Å². The van der Waals surface area contributed by atoms with Gasteiger partial charge in [0.15, 0.2) is 0 Å². The van der Waals surface area contributed by atoms with Crippen LogP contribution in [-0.4, -0.2) is 19.3 Å². The fraction of sp³-hybridized carbons (Fsp3) is 0.538. The lowest BCUT2D eigenvalue weighted by atomic mass is 10.1. The Morgan fingerprint density at radius 2 is 2.38 bits per heavy atom. The van der Waals surface area contributed by atoms with Gasteiger partial charge in [-0.25, -0.2) is 4.39 Å². The molecule has 1 N–H and O–H groups in total. The number of hydrogen-bond acceptors (Lipinski definition) is 2. The molecule has 1 fully saturated rings. The molecule has 2 rings (SSSR count). The van der Waals surface area contributed by atoms with Gasteiger partial charge in [0.1, 0.15) is 5.82 Å². The summed E-state index contributed by atoms with van der Waals surface area (Å²) in [6, 6.07) is 5.13. The maximum absolute atomic E-state index is 13.2. The van der Waals surface area contributed by atoms with Crippen molar-refractivity contribution < 1.29 is 9.13 Å². The van der Waals surface area contributed by atoms with Crippen LogP contribution in [0.4, 0.5) is 10.1 Å². The van der Waals surface area contributed by atoms with Crippen LogP contribution in [0.1, 0.15) is 24.8 Å². The Morgan fingerprint density at radius 3 is 3.12 bits per heavy atom. The fourth-order valence-corrected chi connectivity index (χ4v) is 2.04. The molecule has 1 aromatic rings. The van der Waals surface area contributed by atoms with E-state index in [0.29, 0.717) is 11.7 Å². The monoisotopic (exact) mass is 223 g/mol. The molecule has 0 bridgehead atoms. The third-order valence-corrected chi connectivity index (χ3v) is 3.07. The molecular formula is C13H18FNO. The lowest BCUT2D eigenvalue weighted by Gasteiger charge is -2.12. The van der Waals surface area contributed by atoms with Crippen LogP contribution >= 0.6 is 0 Å². The Kier molecular flexibility index (Phi) is 3.78. The number of rotatable bonds is 4. The van der Waals surface area contributed by atoms with Crippen LogP contribution in [0.15, 0.2) is 18.2 Å². The van der Waals surface area contributed by atoms with Gasteiger partial charge in [0, 0.05) is 24.4 Å². The minimum atomic E-state index is -0.151. The average molecular weight is 223 g/mol. The Morgan fingerprint density at radius 1 is 1.50 bits per heavy atom. The highest BCUT2D eigenvalue weighted by atomic mass is 19.1. The first-order chi connectivity index (χ1) is 7.77. The standard InChI is InChI=1S/C13H18FNO/c1-10-12(14)5-2-6-13(10)15-8-7-11-4-3-9-16-11/h2,5-6,11,15H,3-4,7-9H2,1H3. The van der Waals surface area contributed by atoms with Gasteiger partial charge in [-0.15, -0.1) is 0 Å². The summed E-state index contributed by atoms with van der Waals surface area (Å²) in [6.07, 6.45) is 3.71. The first-order valence-electron chi connectivity index (χ1n) is 5.88. The Hall–Kier alpha value is -1.09. The molecule has 1 saturated heterocycles. The predicted octanol–water partition coefficient (Wildman–Crippen LogP) is 3.12. The van der Waals surface area contributed by atoms with E-state index in [9.17, 15) is 4.39 Å². The third-order valence-electron chi connectivity index (χ3n) is 3.07. The number of halogens is 1. The second-order valence-corrected chi connectivity index (χ2v) is 4.26. The molecule has 0 saturated carbocycles. The smallest absolute Gasteiger partial charge is 0.128 e.